The summed E-state index contributed by atoms with van der Waals surface area (Å²) >= 11 is 0. The van der Waals surface area contributed by atoms with Crippen molar-refractivity contribution < 1.29 is 37.6 Å². The molecule has 2 atom stereocenters. The molecule has 320 valence electrons. The minimum Gasteiger partial charge on any atom is -0.462 e. The summed E-state index contributed by atoms with van der Waals surface area (Å²) in [6.07, 6.45) is 49.1. The predicted molar refractivity (Wildman–Crippen MR) is 230 cm³/mol. The second-order valence-corrected chi connectivity index (χ2v) is 16.1. The number of rotatable bonds is 41. The van der Waals surface area contributed by atoms with Crippen LogP contribution in [0.3, 0.4) is 0 Å². The summed E-state index contributed by atoms with van der Waals surface area (Å²) in [5.41, 5.74) is 0. The maximum absolute atomic E-state index is 12.5. The van der Waals surface area contributed by atoms with Gasteiger partial charge in [0.05, 0.1) is 13.2 Å². The first-order chi connectivity index (χ1) is 26.8. The fourth-order valence-corrected chi connectivity index (χ4v) is 6.93. The van der Waals surface area contributed by atoms with E-state index in [1.165, 1.54) is 122 Å². The van der Waals surface area contributed by atoms with Crippen molar-refractivity contribution in [3.8, 4) is 0 Å². The summed E-state index contributed by atoms with van der Waals surface area (Å²) in [7, 11) is -4.30. The summed E-state index contributed by atoms with van der Waals surface area (Å²) in [4.78, 5) is 34.7. The number of hydrogen-bond acceptors (Lipinski definition) is 7. The molecule has 0 aromatic heterocycles. The molecular weight excluding hydrogens is 711 g/mol. The van der Waals surface area contributed by atoms with Gasteiger partial charge in [0, 0.05) is 12.8 Å². The average Bonchev–Trinajstić information content (AvgIpc) is 3.16. The van der Waals surface area contributed by atoms with Crippen molar-refractivity contribution >= 4 is 19.8 Å². The molecule has 0 heterocycles. The van der Waals surface area contributed by atoms with E-state index in [0.29, 0.717) is 6.42 Å². The highest BCUT2D eigenvalue weighted by molar-refractivity contribution is 7.47. The smallest absolute Gasteiger partial charge is 0.462 e. The van der Waals surface area contributed by atoms with Crippen LogP contribution in [0.15, 0.2) is 48.6 Å². The molecule has 9 heteroatoms. The van der Waals surface area contributed by atoms with E-state index in [1.807, 2.05) is 12.2 Å². The highest BCUT2D eigenvalue weighted by Crippen LogP contribution is 2.43. The highest BCUT2D eigenvalue weighted by atomic mass is 31.2. The third kappa shape index (κ3) is 41.5. The number of carbonyl (C=O) groups excluding carboxylic acids is 2. The van der Waals surface area contributed by atoms with Gasteiger partial charge in [0.15, 0.2) is 6.10 Å². The van der Waals surface area contributed by atoms with Gasteiger partial charge in [-0.25, -0.2) is 4.57 Å². The Balaban J connectivity index is 4.03. The van der Waals surface area contributed by atoms with Gasteiger partial charge >= 0.3 is 19.8 Å². The zero-order valence-electron chi connectivity index (χ0n) is 35.6. The van der Waals surface area contributed by atoms with Crippen molar-refractivity contribution in [1.82, 2.24) is 0 Å². The third-order valence-electron chi connectivity index (χ3n) is 9.41. The molecule has 0 aromatic carbocycles. The van der Waals surface area contributed by atoms with Gasteiger partial charge in [-0.1, -0.05) is 197 Å². The molecule has 0 saturated carbocycles. The Morgan fingerprint density at radius 3 is 1.36 bits per heavy atom. The lowest BCUT2D eigenvalue weighted by Crippen LogP contribution is -2.29. The first kappa shape index (κ1) is 53.0. The van der Waals surface area contributed by atoms with Gasteiger partial charge in [0.2, 0.25) is 0 Å². The minimum absolute atomic E-state index is 0.0123. The van der Waals surface area contributed by atoms with Crippen molar-refractivity contribution in [3.63, 3.8) is 0 Å². The predicted octanol–water partition coefficient (Wildman–Crippen LogP) is 14.2. The molecule has 0 aliphatic rings. The van der Waals surface area contributed by atoms with Gasteiger partial charge in [0.1, 0.15) is 6.61 Å². The fourth-order valence-electron chi connectivity index (χ4n) is 6.17. The maximum Gasteiger partial charge on any atom is 0.472 e. The van der Waals surface area contributed by atoms with Crippen molar-refractivity contribution in [2.45, 2.75) is 213 Å². The molecule has 0 spiro atoms. The van der Waals surface area contributed by atoms with E-state index in [2.05, 4.69) is 50.3 Å². The first-order valence-electron chi connectivity index (χ1n) is 22.4. The number of hydrogen-bond donors (Lipinski definition) is 1. The summed E-state index contributed by atoms with van der Waals surface area (Å²) in [5.74, 6) is -0.887. The van der Waals surface area contributed by atoms with Crippen LogP contribution in [0.2, 0.25) is 0 Å². The lowest BCUT2D eigenvalue weighted by molar-refractivity contribution is -0.161. The Morgan fingerprint density at radius 1 is 0.509 bits per heavy atom. The Labute approximate surface area is 338 Å². The van der Waals surface area contributed by atoms with Crippen LogP contribution >= 0.6 is 7.82 Å². The number of phosphoric acid groups is 1. The molecule has 0 fully saturated rings. The summed E-state index contributed by atoms with van der Waals surface area (Å²) < 4.78 is 32.5. The highest BCUT2D eigenvalue weighted by Gasteiger charge is 2.25. The van der Waals surface area contributed by atoms with Gasteiger partial charge in [-0.2, -0.15) is 0 Å². The van der Waals surface area contributed by atoms with E-state index in [4.69, 9.17) is 18.5 Å². The van der Waals surface area contributed by atoms with Crippen LogP contribution in [0, 0.1) is 0 Å². The van der Waals surface area contributed by atoms with Gasteiger partial charge in [-0.15, -0.1) is 0 Å². The first-order valence-corrected chi connectivity index (χ1v) is 23.9. The zero-order valence-corrected chi connectivity index (χ0v) is 36.5. The normalized spacial score (nSPS) is 13.7. The number of allylic oxidation sites excluding steroid dienone is 8. The van der Waals surface area contributed by atoms with Crippen LogP contribution in [0.1, 0.15) is 207 Å². The van der Waals surface area contributed by atoms with Gasteiger partial charge in [-0.3, -0.25) is 18.6 Å². The largest absolute Gasteiger partial charge is 0.472 e. The molecule has 1 N–H and O–H groups in total. The van der Waals surface area contributed by atoms with E-state index in [1.54, 1.807) is 6.92 Å². The maximum atomic E-state index is 12.5. The average molecular weight is 795 g/mol. The van der Waals surface area contributed by atoms with Crippen molar-refractivity contribution in [3.05, 3.63) is 48.6 Å². The molecular formula is C46H83O8P. The summed E-state index contributed by atoms with van der Waals surface area (Å²) in [5, 5.41) is 0. The molecule has 0 amide bonds. The molecule has 55 heavy (non-hydrogen) atoms. The molecule has 2 unspecified atom stereocenters. The molecule has 0 aliphatic heterocycles. The Kier molecular flexibility index (Phi) is 40.1. The molecule has 0 aromatic rings. The number of carbonyl (C=O) groups is 2. The second kappa shape index (κ2) is 41.6. The SMILES string of the molecule is CC/C=C\C/C=C\C/C=C\C/C=C\CCC(=O)OC(COC(=O)CCCCCCCCCCCCCCCCCCCCCCCC)COP(=O)(O)OCC. The Hall–Kier alpha value is -1.99. The van der Waals surface area contributed by atoms with Gasteiger partial charge in [0.25, 0.3) is 0 Å². The van der Waals surface area contributed by atoms with E-state index in [-0.39, 0.29) is 32.0 Å². The van der Waals surface area contributed by atoms with Crippen LogP contribution in [0.5, 0.6) is 0 Å². The van der Waals surface area contributed by atoms with Crippen LogP contribution in [-0.2, 0) is 32.7 Å². The van der Waals surface area contributed by atoms with Crippen molar-refractivity contribution in [1.29, 1.82) is 0 Å². The lowest BCUT2D eigenvalue weighted by Gasteiger charge is -2.19. The number of esters is 2. The summed E-state index contributed by atoms with van der Waals surface area (Å²) in [6.45, 7) is 5.29. The van der Waals surface area contributed by atoms with Crippen LogP contribution in [0.25, 0.3) is 0 Å². The standard InChI is InChI=1S/C46H83O8P/c1-4-7-9-11-13-15-17-19-20-21-22-23-24-25-26-27-29-30-32-34-36-38-40-45(47)51-42-44(43-53-55(49,50)52-6-3)54-46(48)41-39-37-35-33-31-28-18-16-14-12-10-8-5-2/h8,10,14,16,28,31,35,37,44H,4-7,9,11-13,15,17-27,29-30,32-34,36,38-43H2,1-3H3,(H,49,50)/b10-8-,16-14-,31-28-,37-35-. The van der Waals surface area contributed by atoms with Crippen LogP contribution in [0.4, 0.5) is 0 Å². The zero-order chi connectivity index (χ0) is 40.3. The molecule has 8 nitrogen and oxygen atoms in total. The summed E-state index contributed by atoms with van der Waals surface area (Å²) in [6, 6.07) is 0. The number of phosphoric ester groups is 1. The minimum atomic E-state index is -4.30. The quantitative estimate of drug-likeness (QED) is 0.0282. The van der Waals surface area contributed by atoms with E-state index < -0.39 is 26.5 Å². The van der Waals surface area contributed by atoms with Crippen molar-refractivity contribution in [2.75, 3.05) is 19.8 Å². The van der Waals surface area contributed by atoms with E-state index in [0.717, 1.165) is 44.9 Å². The van der Waals surface area contributed by atoms with Crippen LogP contribution < -0.4 is 0 Å². The van der Waals surface area contributed by atoms with E-state index in [9.17, 15) is 19.0 Å². The fraction of sp³-hybridized carbons (Fsp3) is 0.783. The van der Waals surface area contributed by atoms with Gasteiger partial charge in [-0.05, 0) is 45.4 Å². The lowest BCUT2D eigenvalue weighted by atomic mass is 10.0. The molecule has 0 bridgehead atoms. The van der Waals surface area contributed by atoms with E-state index >= 15 is 0 Å². The topological polar surface area (TPSA) is 108 Å². The van der Waals surface area contributed by atoms with Crippen LogP contribution in [-0.4, -0.2) is 42.8 Å². The molecule has 0 aliphatic carbocycles. The molecule has 0 radical (unpaired) electrons. The number of unbranched alkanes of at least 4 members (excludes halogenated alkanes) is 21. The Bertz CT molecular complexity index is 1040. The third-order valence-corrected chi connectivity index (χ3v) is 10.5. The van der Waals surface area contributed by atoms with Gasteiger partial charge < -0.3 is 14.4 Å². The number of ether oxygens (including phenoxy) is 2. The second-order valence-electron chi connectivity index (χ2n) is 14.7. The Morgan fingerprint density at radius 2 is 0.927 bits per heavy atom. The van der Waals surface area contributed by atoms with Crippen molar-refractivity contribution in [2.24, 2.45) is 0 Å². The monoisotopic (exact) mass is 795 g/mol. The molecule has 0 rings (SSSR count). The molecule has 0 saturated heterocycles.